The van der Waals surface area contributed by atoms with Crippen LogP contribution in [0.3, 0.4) is 0 Å². The van der Waals surface area contributed by atoms with Gasteiger partial charge in [-0.15, -0.1) is 0 Å². The number of piperazine rings is 1. The summed E-state index contributed by atoms with van der Waals surface area (Å²) in [7, 11) is 1.39. The summed E-state index contributed by atoms with van der Waals surface area (Å²) in [6.45, 7) is 0.604. The number of hydrogen-bond donors (Lipinski definition) is 4. The van der Waals surface area contributed by atoms with Crippen molar-refractivity contribution in [3.8, 4) is 11.5 Å². The van der Waals surface area contributed by atoms with Gasteiger partial charge in [0.1, 0.15) is 11.5 Å². The van der Waals surface area contributed by atoms with Gasteiger partial charge in [-0.2, -0.15) is 17.9 Å². The van der Waals surface area contributed by atoms with Crippen molar-refractivity contribution in [1.29, 1.82) is 0 Å². The number of nitrogens with one attached hydrogen (secondary N) is 4. The van der Waals surface area contributed by atoms with Crippen LogP contribution in [0.15, 0.2) is 60.8 Å². The molecule has 0 bridgehead atoms. The van der Waals surface area contributed by atoms with E-state index in [1.54, 1.807) is 4.90 Å². The van der Waals surface area contributed by atoms with Gasteiger partial charge in [0.25, 0.3) is 5.69 Å². The van der Waals surface area contributed by atoms with Crippen LogP contribution >= 0.6 is 0 Å². The molecule has 1 aromatic heterocycles. The van der Waals surface area contributed by atoms with Crippen molar-refractivity contribution in [2.75, 3.05) is 42.2 Å². The van der Waals surface area contributed by atoms with E-state index < -0.39 is 23.7 Å². The molecule has 204 valence electrons. The van der Waals surface area contributed by atoms with Crippen LogP contribution in [0.4, 0.5) is 35.0 Å². The number of hydrogen-bond acceptors (Lipinski definition) is 6. The second-order valence-corrected chi connectivity index (χ2v) is 8.36. The van der Waals surface area contributed by atoms with Crippen LogP contribution in [-0.4, -0.2) is 44.5 Å². The average Bonchev–Trinajstić information content (AvgIpc) is 2.90. The zero-order valence-electron chi connectivity index (χ0n) is 20.5. The Kier molecular flexibility index (Phi) is 7.74. The summed E-state index contributed by atoms with van der Waals surface area (Å²) in [5.41, 5.74) is -0.641. The fourth-order valence-corrected chi connectivity index (χ4v) is 3.78. The predicted octanol–water partition coefficient (Wildman–Crippen LogP) is 3.07. The molecule has 0 aliphatic carbocycles. The monoisotopic (exact) mass is 544 g/mol. The van der Waals surface area contributed by atoms with Crippen molar-refractivity contribution in [3.05, 3.63) is 77.3 Å². The van der Waals surface area contributed by atoms with Crippen LogP contribution in [-0.2, 0) is 11.0 Å². The Hall–Kier alpha value is -5.01. The van der Waals surface area contributed by atoms with Crippen LogP contribution in [0, 0.1) is 5.21 Å². The molecule has 0 radical (unpaired) electrons. The highest BCUT2D eigenvalue weighted by molar-refractivity contribution is 6.02. The van der Waals surface area contributed by atoms with Gasteiger partial charge in [0.05, 0.1) is 29.5 Å². The number of alkyl halides is 3. The average molecular weight is 544 g/mol. The van der Waals surface area contributed by atoms with E-state index in [1.807, 2.05) is 0 Å². The van der Waals surface area contributed by atoms with Crippen molar-refractivity contribution >= 4 is 34.9 Å². The van der Waals surface area contributed by atoms with Crippen LogP contribution in [0.25, 0.3) is 0 Å². The van der Waals surface area contributed by atoms with E-state index in [4.69, 9.17) is 4.74 Å². The number of pyridine rings is 1. The Labute approximate surface area is 220 Å². The summed E-state index contributed by atoms with van der Waals surface area (Å²) >= 11 is 0. The lowest BCUT2D eigenvalue weighted by molar-refractivity contribution is -0.607. The van der Waals surface area contributed by atoms with Crippen LogP contribution in [0.2, 0.25) is 0 Å². The SMILES string of the molecule is CNC(=O)c1cc(Oc2ccc(NC(=O)Nc3cc(C(F)(F)F)ccc3N3CCNC(=O)C3)cc2)cc[n+]1[O-]. The molecule has 1 saturated heterocycles. The normalized spacial score (nSPS) is 13.3. The maximum atomic E-state index is 13.3. The second-order valence-electron chi connectivity index (χ2n) is 8.36. The topological polar surface area (TPSA) is 139 Å². The molecule has 0 spiro atoms. The molecule has 14 heteroatoms. The molecular formula is C25H23F3N6O5. The second kappa shape index (κ2) is 11.2. The van der Waals surface area contributed by atoms with E-state index in [2.05, 4.69) is 21.3 Å². The molecule has 3 aromatic rings. The first-order valence-electron chi connectivity index (χ1n) is 11.6. The number of anilines is 3. The molecule has 4 amide bonds. The molecule has 4 rings (SSSR count). The van der Waals surface area contributed by atoms with Gasteiger partial charge in [0, 0.05) is 31.9 Å². The van der Waals surface area contributed by atoms with Crippen LogP contribution in [0.5, 0.6) is 11.5 Å². The summed E-state index contributed by atoms with van der Waals surface area (Å²) in [6.07, 6.45) is -3.51. The highest BCUT2D eigenvalue weighted by Crippen LogP contribution is 2.36. The first-order valence-corrected chi connectivity index (χ1v) is 11.6. The summed E-state index contributed by atoms with van der Waals surface area (Å²) < 4.78 is 46.0. The lowest BCUT2D eigenvalue weighted by Gasteiger charge is -2.30. The van der Waals surface area contributed by atoms with E-state index in [-0.39, 0.29) is 35.3 Å². The van der Waals surface area contributed by atoms with Crippen molar-refractivity contribution in [1.82, 2.24) is 10.6 Å². The highest BCUT2D eigenvalue weighted by Gasteiger charge is 2.32. The minimum absolute atomic E-state index is 0.0655. The zero-order valence-corrected chi connectivity index (χ0v) is 20.5. The molecular weight excluding hydrogens is 521 g/mol. The minimum atomic E-state index is -4.63. The molecule has 39 heavy (non-hydrogen) atoms. The highest BCUT2D eigenvalue weighted by atomic mass is 19.4. The van der Waals surface area contributed by atoms with Crippen LogP contribution < -0.4 is 35.6 Å². The number of rotatable bonds is 6. The van der Waals surface area contributed by atoms with E-state index >= 15 is 0 Å². The first-order chi connectivity index (χ1) is 18.5. The molecule has 1 aliphatic rings. The lowest BCUT2D eigenvalue weighted by atomic mass is 10.1. The number of amides is 4. The largest absolute Gasteiger partial charge is 0.618 e. The molecule has 11 nitrogen and oxygen atoms in total. The maximum absolute atomic E-state index is 13.3. The van der Waals surface area contributed by atoms with Crippen molar-refractivity contribution in [2.45, 2.75) is 6.18 Å². The van der Waals surface area contributed by atoms with Crippen molar-refractivity contribution in [3.63, 3.8) is 0 Å². The zero-order chi connectivity index (χ0) is 28.2. The number of urea groups is 1. The third kappa shape index (κ3) is 6.66. The molecule has 1 fully saturated rings. The Bertz CT molecular complexity index is 1400. The van der Waals surface area contributed by atoms with Gasteiger partial charge in [-0.1, -0.05) is 0 Å². The van der Waals surface area contributed by atoms with Crippen molar-refractivity contribution in [2.24, 2.45) is 0 Å². The fourth-order valence-electron chi connectivity index (χ4n) is 3.78. The number of nitrogens with zero attached hydrogens (tertiary/aromatic N) is 2. The number of aromatic nitrogens is 1. The predicted molar refractivity (Wildman–Crippen MR) is 135 cm³/mol. The van der Waals surface area contributed by atoms with Gasteiger partial charge in [0.2, 0.25) is 5.91 Å². The number of carbonyl (C=O) groups excluding carboxylic acids is 3. The number of carbonyl (C=O) groups is 3. The van der Waals surface area contributed by atoms with E-state index in [0.29, 0.717) is 29.3 Å². The lowest BCUT2D eigenvalue weighted by Crippen LogP contribution is -2.48. The third-order valence-corrected chi connectivity index (χ3v) is 5.65. The van der Waals surface area contributed by atoms with Gasteiger partial charge >= 0.3 is 18.1 Å². The molecule has 4 N–H and O–H groups in total. The Morgan fingerprint density at radius 1 is 1.05 bits per heavy atom. The van der Waals surface area contributed by atoms with E-state index in [0.717, 1.165) is 18.3 Å². The Balaban J connectivity index is 1.46. The fraction of sp³-hybridized carbons (Fsp3) is 0.200. The van der Waals surface area contributed by atoms with Crippen molar-refractivity contribution < 1.29 is 37.0 Å². The molecule has 0 unspecified atom stereocenters. The van der Waals surface area contributed by atoms with Gasteiger partial charge in [-0.05, 0) is 42.5 Å². The van der Waals surface area contributed by atoms with Gasteiger partial charge in [0.15, 0.2) is 6.20 Å². The van der Waals surface area contributed by atoms with E-state index in [9.17, 15) is 32.8 Å². The third-order valence-electron chi connectivity index (χ3n) is 5.65. The molecule has 0 atom stereocenters. The summed E-state index contributed by atoms with van der Waals surface area (Å²) in [5, 5.41) is 21.7. The molecule has 2 heterocycles. The Morgan fingerprint density at radius 3 is 2.46 bits per heavy atom. The summed E-state index contributed by atoms with van der Waals surface area (Å²) in [6, 6.07) is 10.8. The van der Waals surface area contributed by atoms with Crippen LogP contribution in [0.1, 0.15) is 16.1 Å². The maximum Gasteiger partial charge on any atom is 0.416 e. The minimum Gasteiger partial charge on any atom is -0.618 e. The number of halogens is 3. The number of benzene rings is 2. The smallest absolute Gasteiger partial charge is 0.416 e. The quantitative estimate of drug-likeness (QED) is 0.278. The first kappa shape index (κ1) is 27.0. The summed E-state index contributed by atoms with van der Waals surface area (Å²) in [4.78, 5) is 37.8. The molecule has 1 aliphatic heterocycles. The van der Waals surface area contributed by atoms with Gasteiger partial charge in [-0.3, -0.25) is 9.59 Å². The van der Waals surface area contributed by atoms with E-state index in [1.165, 1.54) is 49.5 Å². The van der Waals surface area contributed by atoms with Gasteiger partial charge < -0.3 is 36.1 Å². The molecule has 2 aromatic carbocycles. The molecule has 0 saturated carbocycles. The number of ether oxygens (including phenoxy) is 1. The van der Waals surface area contributed by atoms with Gasteiger partial charge in [-0.25, -0.2) is 4.79 Å². The standard InChI is InChI=1S/C25H23F3N6O5/c1-29-23(36)21-13-18(8-10-34(21)38)39-17-5-3-16(4-6-17)31-24(37)32-19-12-15(25(26,27)28)2-7-20(19)33-11-9-30-22(35)14-33/h2-8,10,12-13H,9,11,14H2,1H3,(H,29,36)(H,30,35)(H2,31,32,37). The Morgan fingerprint density at radius 2 is 1.79 bits per heavy atom. The summed E-state index contributed by atoms with van der Waals surface area (Å²) in [5.74, 6) is -0.321.